The molecule has 2 atom stereocenters. The maximum Gasteiger partial charge on any atom is 0.0120 e. The van der Waals surface area contributed by atoms with Gasteiger partial charge in [-0.05, 0) is 30.9 Å². The SMILES string of the molecule is CC1CCCC[C@@H]1Sc1ccccc1. The van der Waals surface area contributed by atoms with Crippen LogP contribution < -0.4 is 0 Å². The molecule has 0 amide bonds. The fourth-order valence-electron chi connectivity index (χ4n) is 2.13. The van der Waals surface area contributed by atoms with Crippen LogP contribution in [0.5, 0.6) is 0 Å². The van der Waals surface area contributed by atoms with Gasteiger partial charge in [0.15, 0.2) is 0 Å². The molecule has 76 valence electrons. The summed E-state index contributed by atoms with van der Waals surface area (Å²) in [4.78, 5) is 1.44. The van der Waals surface area contributed by atoms with Crippen LogP contribution in [0.1, 0.15) is 32.6 Å². The van der Waals surface area contributed by atoms with Crippen LogP contribution in [0.15, 0.2) is 35.2 Å². The minimum atomic E-state index is 0.853. The minimum Gasteiger partial charge on any atom is -0.122 e. The Labute approximate surface area is 91.1 Å². The first kappa shape index (κ1) is 10.1. The summed E-state index contributed by atoms with van der Waals surface area (Å²) in [6.45, 7) is 2.40. The van der Waals surface area contributed by atoms with Crippen LogP contribution in [-0.2, 0) is 0 Å². The van der Waals surface area contributed by atoms with Crippen molar-refractivity contribution < 1.29 is 0 Å². The summed E-state index contributed by atoms with van der Waals surface area (Å²) in [5, 5.41) is 0.853. The molecule has 1 fully saturated rings. The Morgan fingerprint density at radius 1 is 1.07 bits per heavy atom. The second-order valence-corrected chi connectivity index (χ2v) is 5.54. The van der Waals surface area contributed by atoms with Gasteiger partial charge in [-0.2, -0.15) is 0 Å². The predicted octanol–water partition coefficient (Wildman–Crippen LogP) is 4.36. The van der Waals surface area contributed by atoms with Crippen LogP contribution in [-0.4, -0.2) is 5.25 Å². The van der Waals surface area contributed by atoms with Gasteiger partial charge < -0.3 is 0 Å². The van der Waals surface area contributed by atoms with Crippen molar-refractivity contribution in [3.8, 4) is 0 Å². The largest absolute Gasteiger partial charge is 0.122 e. The van der Waals surface area contributed by atoms with E-state index in [1.54, 1.807) is 0 Å². The summed E-state index contributed by atoms with van der Waals surface area (Å²) >= 11 is 2.07. The number of benzene rings is 1. The Morgan fingerprint density at radius 3 is 2.50 bits per heavy atom. The fraction of sp³-hybridized carbons (Fsp3) is 0.538. The maximum atomic E-state index is 2.40. The summed E-state index contributed by atoms with van der Waals surface area (Å²) in [5.74, 6) is 0.897. The van der Waals surface area contributed by atoms with E-state index in [0.29, 0.717) is 0 Å². The Kier molecular flexibility index (Phi) is 3.52. The van der Waals surface area contributed by atoms with Gasteiger partial charge in [0, 0.05) is 10.1 Å². The van der Waals surface area contributed by atoms with Gasteiger partial charge in [0.05, 0.1) is 0 Å². The van der Waals surface area contributed by atoms with E-state index in [0.717, 1.165) is 11.2 Å². The zero-order valence-electron chi connectivity index (χ0n) is 8.78. The van der Waals surface area contributed by atoms with E-state index < -0.39 is 0 Å². The van der Waals surface area contributed by atoms with Crippen molar-refractivity contribution in [1.82, 2.24) is 0 Å². The zero-order chi connectivity index (χ0) is 9.80. The molecule has 0 saturated heterocycles. The molecule has 14 heavy (non-hydrogen) atoms. The van der Waals surface area contributed by atoms with Crippen LogP contribution in [0.2, 0.25) is 0 Å². The molecule has 0 aliphatic heterocycles. The van der Waals surface area contributed by atoms with E-state index in [1.807, 2.05) is 0 Å². The Balaban J connectivity index is 1.96. The summed E-state index contributed by atoms with van der Waals surface area (Å²) in [6, 6.07) is 10.8. The van der Waals surface area contributed by atoms with Gasteiger partial charge in [-0.1, -0.05) is 38.0 Å². The van der Waals surface area contributed by atoms with Crippen LogP contribution in [0.3, 0.4) is 0 Å². The molecular weight excluding hydrogens is 188 g/mol. The summed E-state index contributed by atoms with van der Waals surface area (Å²) in [7, 11) is 0. The second-order valence-electron chi connectivity index (χ2n) is 4.23. The summed E-state index contributed by atoms with van der Waals surface area (Å²) < 4.78 is 0. The highest BCUT2D eigenvalue weighted by molar-refractivity contribution is 8.00. The first-order valence-corrected chi connectivity index (χ1v) is 6.46. The number of hydrogen-bond donors (Lipinski definition) is 0. The molecule has 1 heteroatoms. The number of rotatable bonds is 2. The fourth-order valence-corrected chi connectivity index (χ4v) is 3.45. The molecule has 0 bridgehead atoms. The van der Waals surface area contributed by atoms with E-state index in [2.05, 4.69) is 49.0 Å². The molecule has 0 nitrogen and oxygen atoms in total. The number of hydrogen-bond acceptors (Lipinski definition) is 1. The van der Waals surface area contributed by atoms with E-state index >= 15 is 0 Å². The minimum absolute atomic E-state index is 0.853. The van der Waals surface area contributed by atoms with Gasteiger partial charge in [0.25, 0.3) is 0 Å². The molecule has 1 aromatic rings. The maximum absolute atomic E-state index is 2.40. The lowest BCUT2D eigenvalue weighted by Gasteiger charge is -2.28. The van der Waals surface area contributed by atoms with Crippen molar-refractivity contribution in [3.05, 3.63) is 30.3 Å². The Bertz CT molecular complexity index is 268. The van der Waals surface area contributed by atoms with Crippen molar-refractivity contribution in [2.45, 2.75) is 42.8 Å². The Morgan fingerprint density at radius 2 is 1.79 bits per heavy atom. The summed E-state index contributed by atoms with van der Waals surface area (Å²) in [5.41, 5.74) is 0. The van der Waals surface area contributed by atoms with E-state index in [-0.39, 0.29) is 0 Å². The van der Waals surface area contributed by atoms with Crippen LogP contribution in [0, 0.1) is 5.92 Å². The van der Waals surface area contributed by atoms with Crippen molar-refractivity contribution in [3.63, 3.8) is 0 Å². The molecule has 0 aromatic heterocycles. The molecule has 1 aromatic carbocycles. The first-order chi connectivity index (χ1) is 6.86. The molecule has 0 N–H and O–H groups in total. The highest BCUT2D eigenvalue weighted by atomic mass is 32.2. The Hall–Kier alpha value is -0.430. The van der Waals surface area contributed by atoms with Crippen LogP contribution >= 0.6 is 11.8 Å². The molecule has 1 saturated carbocycles. The molecule has 1 unspecified atom stereocenters. The lowest BCUT2D eigenvalue weighted by atomic mass is 9.90. The normalized spacial score (nSPS) is 27.5. The highest BCUT2D eigenvalue weighted by Gasteiger charge is 2.21. The van der Waals surface area contributed by atoms with Gasteiger partial charge in [-0.25, -0.2) is 0 Å². The van der Waals surface area contributed by atoms with Gasteiger partial charge in [-0.3, -0.25) is 0 Å². The molecule has 1 aliphatic rings. The third-order valence-corrected chi connectivity index (χ3v) is 4.61. The van der Waals surface area contributed by atoms with Gasteiger partial charge in [0.1, 0.15) is 0 Å². The highest BCUT2D eigenvalue weighted by Crippen LogP contribution is 2.36. The predicted molar refractivity (Wildman–Crippen MR) is 63.7 cm³/mol. The average Bonchev–Trinajstić information content (AvgIpc) is 2.23. The van der Waals surface area contributed by atoms with E-state index in [4.69, 9.17) is 0 Å². The van der Waals surface area contributed by atoms with Gasteiger partial charge in [0.2, 0.25) is 0 Å². The molecular formula is C13H18S. The van der Waals surface area contributed by atoms with Crippen LogP contribution in [0.25, 0.3) is 0 Å². The van der Waals surface area contributed by atoms with E-state index in [1.165, 1.54) is 30.6 Å². The van der Waals surface area contributed by atoms with E-state index in [9.17, 15) is 0 Å². The lowest BCUT2D eigenvalue weighted by Crippen LogP contribution is -2.18. The third-order valence-electron chi connectivity index (χ3n) is 3.06. The summed E-state index contributed by atoms with van der Waals surface area (Å²) in [6.07, 6.45) is 5.69. The van der Waals surface area contributed by atoms with Gasteiger partial charge >= 0.3 is 0 Å². The van der Waals surface area contributed by atoms with Crippen molar-refractivity contribution in [1.29, 1.82) is 0 Å². The standard InChI is InChI=1S/C13H18S/c1-11-7-5-6-10-13(11)14-12-8-3-2-4-9-12/h2-4,8-9,11,13H,5-7,10H2,1H3/t11?,13-/m0/s1. The molecule has 0 spiro atoms. The zero-order valence-corrected chi connectivity index (χ0v) is 9.59. The first-order valence-electron chi connectivity index (χ1n) is 5.58. The van der Waals surface area contributed by atoms with Crippen LogP contribution in [0.4, 0.5) is 0 Å². The molecule has 0 radical (unpaired) electrons. The smallest absolute Gasteiger partial charge is 0.0120 e. The molecule has 0 heterocycles. The lowest BCUT2D eigenvalue weighted by molar-refractivity contribution is 0.397. The van der Waals surface area contributed by atoms with Crippen molar-refractivity contribution in [2.24, 2.45) is 5.92 Å². The van der Waals surface area contributed by atoms with Crippen molar-refractivity contribution in [2.75, 3.05) is 0 Å². The molecule has 1 aliphatic carbocycles. The van der Waals surface area contributed by atoms with Crippen molar-refractivity contribution >= 4 is 11.8 Å². The second kappa shape index (κ2) is 4.88. The third kappa shape index (κ3) is 2.54. The number of thioether (sulfide) groups is 1. The van der Waals surface area contributed by atoms with Gasteiger partial charge in [-0.15, -0.1) is 11.8 Å². The molecule has 2 rings (SSSR count). The quantitative estimate of drug-likeness (QED) is 0.693. The average molecular weight is 206 g/mol. The monoisotopic (exact) mass is 206 g/mol. The topological polar surface area (TPSA) is 0 Å².